The number of aryl methyl sites for hydroxylation is 2. The van der Waals surface area contributed by atoms with Crippen LogP contribution in [0.15, 0.2) is 54.6 Å². The van der Waals surface area contributed by atoms with E-state index in [2.05, 4.69) is 10.3 Å². The largest absolute Gasteiger partial charge is 0.322 e. The number of para-hydroxylation sites is 1. The standard InChI is InChI=1S/C18H16N2O/c1-12-6-10-15(11-7-12)20-18(21)16-5-3-4-14-9-8-13(2)19-17(14)16/h3-11H,1-2H3,(H,20,21). The number of carbonyl (C=O) groups is 1. The van der Waals surface area contributed by atoms with Crippen molar-refractivity contribution in [3.05, 3.63) is 71.4 Å². The average molecular weight is 276 g/mol. The van der Waals surface area contributed by atoms with Gasteiger partial charge in [-0.25, -0.2) is 0 Å². The smallest absolute Gasteiger partial charge is 0.257 e. The van der Waals surface area contributed by atoms with E-state index < -0.39 is 0 Å². The Bertz CT molecular complexity index is 807. The van der Waals surface area contributed by atoms with Gasteiger partial charge in [0.25, 0.3) is 5.91 Å². The van der Waals surface area contributed by atoms with E-state index in [1.807, 2.05) is 62.4 Å². The molecule has 0 spiro atoms. The summed E-state index contributed by atoms with van der Waals surface area (Å²) in [7, 11) is 0. The fraction of sp³-hybridized carbons (Fsp3) is 0.111. The number of carbonyl (C=O) groups excluding carboxylic acids is 1. The summed E-state index contributed by atoms with van der Waals surface area (Å²) < 4.78 is 0. The van der Waals surface area contributed by atoms with Crippen molar-refractivity contribution in [2.75, 3.05) is 5.32 Å². The van der Waals surface area contributed by atoms with Gasteiger partial charge in [0.2, 0.25) is 0 Å². The number of nitrogens with zero attached hydrogens (tertiary/aromatic N) is 1. The molecule has 104 valence electrons. The number of rotatable bonds is 2. The quantitative estimate of drug-likeness (QED) is 0.765. The number of hydrogen-bond donors (Lipinski definition) is 1. The maximum Gasteiger partial charge on any atom is 0.257 e. The molecular weight excluding hydrogens is 260 g/mol. The van der Waals surface area contributed by atoms with Crippen molar-refractivity contribution >= 4 is 22.5 Å². The topological polar surface area (TPSA) is 42.0 Å². The zero-order valence-electron chi connectivity index (χ0n) is 12.1. The summed E-state index contributed by atoms with van der Waals surface area (Å²) in [6, 6.07) is 17.3. The predicted octanol–water partition coefficient (Wildman–Crippen LogP) is 4.10. The van der Waals surface area contributed by atoms with Gasteiger partial charge in [0, 0.05) is 16.8 Å². The fourth-order valence-corrected chi connectivity index (χ4v) is 2.26. The Hall–Kier alpha value is -2.68. The molecule has 0 fully saturated rings. The van der Waals surface area contributed by atoms with Gasteiger partial charge < -0.3 is 5.32 Å². The van der Waals surface area contributed by atoms with Crippen LogP contribution in [0, 0.1) is 13.8 Å². The van der Waals surface area contributed by atoms with Crippen LogP contribution < -0.4 is 5.32 Å². The lowest BCUT2D eigenvalue weighted by Gasteiger charge is -2.08. The molecule has 2 aromatic carbocycles. The van der Waals surface area contributed by atoms with Crippen molar-refractivity contribution in [2.45, 2.75) is 13.8 Å². The van der Waals surface area contributed by atoms with Gasteiger partial charge in [0.1, 0.15) is 0 Å². The summed E-state index contributed by atoms with van der Waals surface area (Å²) in [5.74, 6) is -0.137. The zero-order chi connectivity index (χ0) is 14.8. The number of pyridine rings is 1. The van der Waals surface area contributed by atoms with E-state index in [1.165, 1.54) is 0 Å². The first-order valence-electron chi connectivity index (χ1n) is 6.88. The second-order valence-corrected chi connectivity index (χ2v) is 5.15. The van der Waals surface area contributed by atoms with Crippen molar-refractivity contribution in [1.29, 1.82) is 0 Å². The minimum absolute atomic E-state index is 0.137. The van der Waals surface area contributed by atoms with E-state index in [9.17, 15) is 4.79 Å². The molecule has 3 nitrogen and oxygen atoms in total. The van der Waals surface area contributed by atoms with Crippen molar-refractivity contribution in [1.82, 2.24) is 4.98 Å². The molecule has 0 atom stereocenters. The van der Waals surface area contributed by atoms with Crippen molar-refractivity contribution < 1.29 is 4.79 Å². The molecule has 0 aliphatic carbocycles. The Morgan fingerprint density at radius 1 is 0.952 bits per heavy atom. The molecule has 0 aliphatic rings. The van der Waals surface area contributed by atoms with Crippen LogP contribution in [-0.4, -0.2) is 10.9 Å². The van der Waals surface area contributed by atoms with Crippen molar-refractivity contribution in [3.8, 4) is 0 Å². The second-order valence-electron chi connectivity index (χ2n) is 5.15. The van der Waals surface area contributed by atoms with Gasteiger partial charge in [0.05, 0.1) is 11.1 Å². The highest BCUT2D eigenvalue weighted by molar-refractivity contribution is 6.11. The number of amides is 1. The SMILES string of the molecule is Cc1ccc(NC(=O)c2cccc3ccc(C)nc23)cc1. The molecule has 0 radical (unpaired) electrons. The first-order chi connectivity index (χ1) is 10.1. The highest BCUT2D eigenvalue weighted by Gasteiger charge is 2.11. The fourth-order valence-electron chi connectivity index (χ4n) is 2.26. The molecule has 1 aromatic heterocycles. The third-order valence-corrected chi connectivity index (χ3v) is 3.41. The first kappa shape index (κ1) is 13.3. The van der Waals surface area contributed by atoms with Gasteiger partial charge in [-0.3, -0.25) is 9.78 Å². The normalized spacial score (nSPS) is 10.6. The van der Waals surface area contributed by atoms with E-state index >= 15 is 0 Å². The van der Waals surface area contributed by atoms with Gasteiger partial charge in [-0.05, 0) is 38.1 Å². The molecule has 3 aromatic rings. The lowest BCUT2D eigenvalue weighted by molar-refractivity contribution is 0.102. The average Bonchev–Trinajstić information content (AvgIpc) is 2.49. The maximum absolute atomic E-state index is 12.5. The van der Waals surface area contributed by atoms with Gasteiger partial charge >= 0.3 is 0 Å². The maximum atomic E-state index is 12.5. The van der Waals surface area contributed by atoms with Gasteiger partial charge in [-0.2, -0.15) is 0 Å². The number of nitrogens with one attached hydrogen (secondary N) is 1. The summed E-state index contributed by atoms with van der Waals surface area (Å²) in [6.45, 7) is 3.94. The van der Waals surface area contributed by atoms with E-state index in [-0.39, 0.29) is 5.91 Å². The van der Waals surface area contributed by atoms with Crippen LogP contribution in [0.5, 0.6) is 0 Å². The van der Waals surface area contributed by atoms with Gasteiger partial charge in [0.15, 0.2) is 0 Å². The number of aromatic nitrogens is 1. The van der Waals surface area contributed by atoms with Crippen LogP contribution in [0.2, 0.25) is 0 Å². The molecule has 1 amide bonds. The number of anilines is 1. The number of hydrogen-bond acceptors (Lipinski definition) is 2. The van der Waals surface area contributed by atoms with Crippen LogP contribution >= 0.6 is 0 Å². The third-order valence-electron chi connectivity index (χ3n) is 3.41. The van der Waals surface area contributed by atoms with Crippen LogP contribution in [0.1, 0.15) is 21.6 Å². The Kier molecular flexibility index (Phi) is 3.40. The van der Waals surface area contributed by atoms with Crippen molar-refractivity contribution in [2.24, 2.45) is 0 Å². The van der Waals surface area contributed by atoms with E-state index in [0.29, 0.717) is 5.56 Å². The van der Waals surface area contributed by atoms with E-state index in [4.69, 9.17) is 0 Å². The Morgan fingerprint density at radius 3 is 2.48 bits per heavy atom. The zero-order valence-corrected chi connectivity index (χ0v) is 12.1. The highest BCUT2D eigenvalue weighted by Crippen LogP contribution is 2.19. The molecule has 1 heterocycles. The van der Waals surface area contributed by atoms with Gasteiger partial charge in [-0.1, -0.05) is 35.9 Å². The molecular formula is C18H16N2O. The summed E-state index contributed by atoms with van der Waals surface area (Å²) in [6.07, 6.45) is 0. The molecule has 21 heavy (non-hydrogen) atoms. The van der Waals surface area contributed by atoms with Crippen LogP contribution in [-0.2, 0) is 0 Å². The van der Waals surface area contributed by atoms with E-state index in [0.717, 1.165) is 27.8 Å². The predicted molar refractivity (Wildman–Crippen MR) is 85.6 cm³/mol. The summed E-state index contributed by atoms with van der Waals surface area (Å²) in [5.41, 5.74) is 4.18. The first-order valence-corrected chi connectivity index (χ1v) is 6.88. The highest BCUT2D eigenvalue weighted by atomic mass is 16.1. The molecule has 1 N–H and O–H groups in total. The van der Waals surface area contributed by atoms with Gasteiger partial charge in [-0.15, -0.1) is 0 Å². The third kappa shape index (κ3) is 2.77. The lowest BCUT2D eigenvalue weighted by Crippen LogP contribution is -2.12. The molecule has 0 unspecified atom stereocenters. The lowest BCUT2D eigenvalue weighted by atomic mass is 10.1. The number of benzene rings is 2. The Balaban J connectivity index is 1.97. The minimum atomic E-state index is -0.137. The monoisotopic (exact) mass is 276 g/mol. The van der Waals surface area contributed by atoms with Crippen LogP contribution in [0.25, 0.3) is 10.9 Å². The molecule has 0 saturated carbocycles. The molecule has 3 rings (SSSR count). The van der Waals surface area contributed by atoms with E-state index in [1.54, 1.807) is 6.07 Å². The Morgan fingerprint density at radius 2 is 1.71 bits per heavy atom. The molecule has 3 heteroatoms. The molecule has 0 saturated heterocycles. The minimum Gasteiger partial charge on any atom is -0.322 e. The summed E-state index contributed by atoms with van der Waals surface area (Å²) in [4.78, 5) is 17.0. The van der Waals surface area contributed by atoms with Crippen LogP contribution in [0.3, 0.4) is 0 Å². The van der Waals surface area contributed by atoms with Crippen molar-refractivity contribution in [3.63, 3.8) is 0 Å². The number of fused-ring (bicyclic) bond motifs is 1. The Labute approximate surface area is 123 Å². The molecule has 0 bridgehead atoms. The van der Waals surface area contributed by atoms with Crippen LogP contribution in [0.4, 0.5) is 5.69 Å². The summed E-state index contributed by atoms with van der Waals surface area (Å²) >= 11 is 0. The second kappa shape index (κ2) is 5.37. The summed E-state index contributed by atoms with van der Waals surface area (Å²) in [5, 5.41) is 3.89. The molecule has 0 aliphatic heterocycles.